The van der Waals surface area contributed by atoms with Crippen molar-refractivity contribution in [2.75, 3.05) is 13.3 Å². The molecule has 0 aromatic carbocycles. The second kappa shape index (κ2) is 32.8. The van der Waals surface area contributed by atoms with Crippen molar-refractivity contribution >= 4 is 0 Å². The topological polar surface area (TPSA) is 104 Å². The normalized spacial score (nSPS) is 5.14. The van der Waals surface area contributed by atoms with Crippen molar-refractivity contribution in [2.45, 2.75) is 0 Å². The van der Waals surface area contributed by atoms with Crippen LogP contribution in [-0.2, 0) is 17.1 Å². The van der Waals surface area contributed by atoms with Crippen LogP contribution in [0.3, 0.4) is 0 Å². The van der Waals surface area contributed by atoms with Crippen LogP contribution in [0, 0.1) is 0 Å². The minimum Gasteiger partial charge on any atom is -0.319 e. The molecule has 0 fully saturated rings. The first kappa shape index (κ1) is 15.7. The van der Waals surface area contributed by atoms with Crippen molar-refractivity contribution in [3.05, 3.63) is 0 Å². The van der Waals surface area contributed by atoms with Gasteiger partial charge >= 0.3 is 0 Å². The molecular formula is C2H12CuN4. The summed E-state index contributed by atoms with van der Waals surface area (Å²) in [5.41, 5.74) is 18.5. The van der Waals surface area contributed by atoms with E-state index in [4.69, 9.17) is 0 Å². The zero-order chi connectivity index (χ0) is 5.41. The monoisotopic (exact) mass is 155 g/mol. The van der Waals surface area contributed by atoms with Crippen LogP contribution in [0.25, 0.3) is 0 Å². The molecule has 0 rings (SSSR count). The maximum Gasteiger partial charge on any atom is 0.0403 e. The number of hydrogen-bond acceptors (Lipinski definition) is 4. The summed E-state index contributed by atoms with van der Waals surface area (Å²) in [5, 5.41) is 0. The Morgan fingerprint density at radius 2 is 0.714 bits per heavy atom. The summed E-state index contributed by atoms with van der Waals surface area (Å²) in [4.78, 5) is 0. The first-order chi connectivity index (χ1) is 2.83. The van der Waals surface area contributed by atoms with Gasteiger partial charge in [-0.25, -0.2) is 0 Å². The molecule has 0 heterocycles. The van der Waals surface area contributed by atoms with Crippen LogP contribution < -0.4 is 22.9 Å². The molecule has 0 unspecified atom stereocenters. The molecule has 8 N–H and O–H groups in total. The zero-order valence-corrected chi connectivity index (χ0v) is 4.97. The first-order valence-electron chi connectivity index (χ1n) is 1.63. The van der Waals surface area contributed by atoms with Crippen molar-refractivity contribution in [3.63, 3.8) is 0 Å². The second-order valence-electron chi connectivity index (χ2n) is 0.471. The predicted molar refractivity (Wildman–Crippen MR) is 26.5 cm³/mol. The van der Waals surface area contributed by atoms with E-state index in [2.05, 4.69) is 22.9 Å². The number of rotatable bonds is 0. The van der Waals surface area contributed by atoms with E-state index in [-0.39, 0.29) is 30.4 Å². The molecule has 0 atom stereocenters. The fourth-order valence-electron chi connectivity index (χ4n) is 0. The Kier molecular flexibility index (Phi) is 73.4. The summed E-state index contributed by atoms with van der Waals surface area (Å²) < 4.78 is 0. The molecule has 51 valence electrons. The largest absolute Gasteiger partial charge is 0.319 e. The summed E-state index contributed by atoms with van der Waals surface area (Å²) in [6.07, 6.45) is 0. The van der Waals surface area contributed by atoms with Crippen LogP contribution in [0.2, 0.25) is 0 Å². The van der Waals surface area contributed by atoms with E-state index in [1.54, 1.807) is 0 Å². The molecule has 0 aliphatic rings. The van der Waals surface area contributed by atoms with E-state index in [0.717, 1.165) is 0 Å². The third-order valence-corrected chi connectivity index (χ3v) is 0. The maximum atomic E-state index is 4.62. The third-order valence-electron chi connectivity index (χ3n) is 0. The van der Waals surface area contributed by atoms with E-state index < -0.39 is 0 Å². The molecule has 0 aliphatic heterocycles. The van der Waals surface area contributed by atoms with Crippen molar-refractivity contribution < 1.29 is 17.1 Å². The van der Waals surface area contributed by atoms with Gasteiger partial charge in [0.1, 0.15) is 0 Å². The van der Waals surface area contributed by atoms with Crippen LogP contribution in [0.15, 0.2) is 0 Å². The molecule has 0 saturated carbocycles. The smallest absolute Gasteiger partial charge is 0.0403 e. The Hall–Kier alpha value is 0.359. The standard InChI is InChI=1S/2CH6N2.Cu/c2*2-1-3;/h2*1-3H2;. The molecule has 0 saturated heterocycles. The SMILES string of the molecule is NCN.NCN.[Cu]. The van der Waals surface area contributed by atoms with Gasteiger partial charge in [0, 0.05) is 30.4 Å². The van der Waals surface area contributed by atoms with Gasteiger partial charge in [0.25, 0.3) is 0 Å². The summed E-state index contributed by atoms with van der Waals surface area (Å²) in [6, 6.07) is 0. The molecule has 1 radical (unpaired) electrons. The average molecular weight is 156 g/mol. The van der Waals surface area contributed by atoms with Gasteiger partial charge in [0.2, 0.25) is 0 Å². The minimum atomic E-state index is 0. The van der Waals surface area contributed by atoms with Crippen molar-refractivity contribution in [2.24, 2.45) is 22.9 Å². The first-order valence-corrected chi connectivity index (χ1v) is 1.63. The second-order valence-corrected chi connectivity index (χ2v) is 0.471. The van der Waals surface area contributed by atoms with Gasteiger partial charge in [0.05, 0.1) is 0 Å². The van der Waals surface area contributed by atoms with Crippen LogP contribution in [-0.4, -0.2) is 13.3 Å². The molecular weight excluding hydrogens is 144 g/mol. The van der Waals surface area contributed by atoms with Crippen LogP contribution in [0.1, 0.15) is 0 Å². The Morgan fingerprint density at radius 3 is 0.714 bits per heavy atom. The fourth-order valence-corrected chi connectivity index (χ4v) is 0. The minimum absolute atomic E-state index is 0. The summed E-state index contributed by atoms with van der Waals surface area (Å²) >= 11 is 0. The van der Waals surface area contributed by atoms with Gasteiger partial charge in [-0.1, -0.05) is 0 Å². The molecule has 0 spiro atoms. The number of nitrogens with two attached hydrogens (primary N) is 4. The third kappa shape index (κ3) is 935. The molecule has 4 nitrogen and oxygen atoms in total. The van der Waals surface area contributed by atoms with Gasteiger partial charge in [0.15, 0.2) is 0 Å². The van der Waals surface area contributed by atoms with Gasteiger partial charge in [-0.2, -0.15) is 0 Å². The van der Waals surface area contributed by atoms with Gasteiger partial charge in [-0.05, 0) is 0 Å². The zero-order valence-electron chi connectivity index (χ0n) is 4.03. The van der Waals surface area contributed by atoms with Crippen LogP contribution in [0.5, 0.6) is 0 Å². The van der Waals surface area contributed by atoms with Crippen LogP contribution in [0.4, 0.5) is 0 Å². The van der Waals surface area contributed by atoms with Gasteiger partial charge in [-0.3, -0.25) is 0 Å². The molecule has 0 bridgehead atoms. The molecule has 5 heteroatoms. The van der Waals surface area contributed by atoms with Crippen molar-refractivity contribution in [1.82, 2.24) is 0 Å². The van der Waals surface area contributed by atoms with Crippen LogP contribution >= 0.6 is 0 Å². The van der Waals surface area contributed by atoms with E-state index in [1.165, 1.54) is 0 Å². The van der Waals surface area contributed by atoms with Gasteiger partial charge in [-0.15, -0.1) is 0 Å². The summed E-state index contributed by atoms with van der Waals surface area (Å²) in [7, 11) is 0. The van der Waals surface area contributed by atoms with E-state index in [9.17, 15) is 0 Å². The van der Waals surface area contributed by atoms with Crippen molar-refractivity contribution in [3.8, 4) is 0 Å². The number of hydrogen-bond donors (Lipinski definition) is 4. The Labute approximate surface area is 54.1 Å². The maximum absolute atomic E-state index is 4.62. The Morgan fingerprint density at radius 1 is 0.714 bits per heavy atom. The van der Waals surface area contributed by atoms with E-state index in [0.29, 0.717) is 0 Å². The molecule has 0 aliphatic carbocycles. The van der Waals surface area contributed by atoms with Gasteiger partial charge < -0.3 is 22.9 Å². The quantitative estimate of drug-likeness (QED) is 0.234. The molecule has 0 aromatic heterocycles. The molecule has 7 heavy (non-hydrogen) atoms. The fraction of sp³-hybridized carbons (Fsp3) is 1.00. The predicted octanol–water partition coefficient (Wildman–Crippen LogP) is -2.28. The molecule has 0 aromatic rings. The van der Waals surface area contributed by atoms with Crippen molar-refractivity contribution in [1.29, 1.82) is 0 Å². The Bertz CT molecular complexity index is 11.7. The summed E-state index contributed by atoms with van der Waals surface area (Å²) in [6.45, 7) is 0.500. The average Bonchev–Trinajstić information content (AvgIpc) is 1.39. The van der Waals surface area contributed by atoms with E-state index in [1.807, 2.05) is 0 Å². The summed E-state index contributed by atoms with van der Waals surface area (Å²) in [5.74, 6) is 0. The molecule has 0 amide bonds. The van der Waals surface area contributed by atoms with E-state index >= 15 is 0 Å². The Balaban J connectivity index is -0.0000000400.